The molecule has 0 N–H and O–H groups in total. The molecule has 0 atom stereocenters. The van der Waals surface area contributed by atoms with Crippen molar-refractivity contribution in [2.45, 2.75) is 0 Å². The van der Waals surface area contributed by atoms with Crippen LogP contribution in [-0.4, -0.2) is 0 Å². The number of benzene rings is 9. The van der Waals surface area contributed by atoms with Crippen LogP contribution in [0, 0.1) is 0 Å². The van der Waals surface area contributed by atoms with Gasteiger partial charge in [0.1, 0.15) is 11.2 Å². The molecule has 0 spiro atoms. The van der Waals surface area contributed by atoms with Crippen molar-refractivity contribution in [1.29, 1.82) is 0 Å². The normalized spacial score (nSPS) is 11.3. The third-order valence-corrected chi connectivity index (χ3v) is 10.5. The molecule has 0 saturated heterocycles. The van der Waals surface area contributed by atoms with E-state index in [0.29, 0.717) is 0 Å². The summed E-state index contributed by atoms with van der Waals surface area (Å²) in [5.74, 6) is 0. The lowest BCUT2D eigenvalue weighted by Gasteiger charge is -2.28. The second-order valence-corrected chi connectivity index (χ2v) is 13.7. The van der Waals surface area contributed by atoms with Gasteiger partial charge in [-0.3, -0.25) is 0 Å². The summed E-state index contributed by atoms with van der Waals surface area (Å²) in [6.45, 7) is 0. The van der Waals surface area contributed by atoms with Crippen molar-refractivity contribution in [3.05, 3.63) is 212 Å². The van der Waals surface area contributed by atoms with E-state index in [0.717, 1.165) is 50.1 Å². The van der Waals surface area contributed by atoms with E-state index >= 15 is 0 Å². The summed E-state index contributed by atoms with van der Waals surface area (Å²) in [7, 11) is 0. The van der Waals surface area contributed by atoms with Crippen molar-refractivity contribution < 1.29 is 4.42 Å². The molecule has 0 bridgehead atoms. The Bertz CT molecular complexity index is 2880. The first kappa shape index (κ1) is 31.6. The van der Waals surface area contributed by atoms with Crippen molar-refractivity contribution in [3.63, 3.8) is 0 Å². The molecule has 0 unspecified atom stereocenters. The summed E-state index contributed by atoms with van der Waals surface area (Å²) >= 11 is 0. The molecule has 1 heterocycles. The number of fused-ring (bicyclic) bond motifs is 5. The Morgan fingerprint density at radius 1 is 0.315 bits per heavy atom. The topological polar surface area (TPSA) is 16.4 Å². The molecule has 0 fully saturated rings. The monoisotopic (exact) mass is 689 g/mol. The molecular formula is C52H35NO. The maximum absolute atomic E-state index is 6.88. The van der Waals surface area contributed by atoms with Gasteiger partial charge in [-0.15, -0.1) is 0 Å². The molecular weight excluding hydrogens is 655 g/mol. The van der Waals surface area contributed by atoms with Crippen LogP contribution in [0.15, 0.2) is 217 Å². The summed E-state index contributed by atoms with van der Waals surface area (Å²) in [5.41, 5.74) is 14.2. The molecule has 9 aromatic carbocycles. The summed E-state index contributed by atoms with van der Waals surface area (Å²) in [5, 5.41) is 4.65. The molecule has 10 rings (SSSR count). The van der Waals surface area contributed by atoms with Crippen LogP contribution in [0.1, 0.15) is 0 Å². The van der Waals surface area contributed by atoms with Gasteiger partial charge in [0.15, 0.2) is 0 Å². The average molecular weight is 690 g/mol. The number of rotatable bonds is 7. The lowest BCUT2D eigenvalue weighted by atomic mass is 9.96. The molecule has 0 radical (unpaired) electrons. The van der Waals surface area contributed by atoms with E-state index in [9.17, 15) is 0 Å². The minimum atomic E-state index is 0.881. The van der Waals surface area contributed by atoms with Crippen molar-refractivity contribution in [1.82, 2.24) is 0 Å². The van der Waals surface area contributed by atoms with Gasteiger partial charge in [0.25, 0.3) is 0 Å². The fraction of sp³-hybridized carbons (Fsp3) is 0. The zero-order chi connectivity index (χ0) is 35.8. The molecule has 10 aromatic rings. The van der Waals surface area contributed by atoms with E-state index in [1.54, 1.807) is 0 Å². The summed E-state index contributed by atoms with van der Waals surface area (Å²) in [4.78, 5) is 2.37. The SMILES string of the molecule is c1ccc(-c2ccc(-c3ccc(N(c4ccc(-c5ccccc5)cc4)c4ccc5c(oc6ccc7ccccc7c65)c4-c4ccccc4)cc3)cc2)cc1. The van der Waals surface area contributed by atoms with E-state index in [4.69, 9.17) is 4.42 Å². The van der Waals surface area contributed by atoms with Gasteiger partial charge >= 0.3 is 0 Å². The smallest absolute Gasteiger partial charge is 0.145 e. The molecule has 54 heavy (non-hydrogen) atoms. The number of hydrogen-bond donors (Lipinski definition) is 0. The molecule has 254 valence electrons. The van der Waals surface area contributed by atoms with Crippen LogP contribution in [0.3, 0.4) is 0 Å². The maximum Gasteiger partial charge on any atom is 0.145 e. The largest absolute Gasteiger partial charge is 0.455 e. The quantitative estimate of drug-likeness (QED) is 0.166. The van der Waals surface area contributed by atoms with E-state index in [-0.39, 0.29) is 0 Å². The zero-order valence-corrected chi connectivity index (χ0v) is 29.6. The average Bonchev–Trinajstić information content (AvgIpc) is 3.65. The third kappa shape index (κ3) is 5.62. The van der Waals surface area contributed by atoms with Gasteiger partial charge in [-0.05, 0) is 92.2 Å². The third-order valence-electron chi connectivity index (χ3n) is 10.5. The molecule has 1 aromatic heterocycles. The van der Waals surface area contributed by atoms with Crippen molar-refractivity contribution in [2.24, 2.45) is 0 Å². The molecule has 0 aliphatic carbocycles. The molecule has 0 amide bonds. The Hall–Kier alpha value is -7.16. The van der Waals surface area contributed by atoms with Crippen LogP contribution in [0.25, 0.3) is 77.2 Å². The second kappa shape index (κ2) is 13.4. The number of furan rings is 1. The molecule has 2 nitrogen and oxygen atoms in total. The lowest BCUT2D eigenvalue weighted by Crippen LogP contribution is -2.11. The highest BCUT2D eigenvalue weighted by Crippen LogP contribution is 2.48. The number of anilines is 3. The first-order chi connectivity index (χ1) is 26.8. The minimum Gasteiger partial charge on any atom is -0.455 e. The van der Waals surface area contributed by atoms with Crippen LogP contribution >= 0.6 is 0 Å². The molecule has 0 aliphatic heterocycles. The predicted octanol–water partition coefficient (Wildman–Crippen LogP) is 14.9. The Morgan fingerprint density at radius 3 is 1.30 bits per heavy atom. The van der Waals surface area contributed by atoms with E-state index in [1.807, 2.05) is 0 Å². The van der Waals surface area contributed by atoms with E-state index in [2.05, 4.69) is 217 Å². The van der Waals surface area contributed by atoms with Gasteiger partial charge < -0.3 is 9.32 Å². The van der Waals surface area contributed by atoms with Crippen molar-refractivity contribution >= 4 is 49.8 Å². The van der Waals surface area contributed by atoms with Gasteiger partial charge in [-0.25, -0.2) is 0 Å². The van der Waals surface area contributed by atoms with Gasteiger partial charge in [0.05, 0.1) is 5.69 Å². The Kier molecular flexibility index (Phi) is 7.85. The van der Waals surface area contributed by atoms with E-state index < -0.39 is 0 Å². The fourth-order valence-corrected chi connectivity index (χ4v) is 7.82. The molecule has 2 heteroatoms. The summed E-state index contributed by atoms with van der Waals surface area (Å²) in [6, 6.07) is 75.7. The van der Waals surface area contributed by atoms with Crippen LogP contribution in [0.4, 0.5) is 17.1 Å². The van der Waals surface area contributed by atoms with Crippen LogP contribution in [0.5, 0.6) is 0 Å². The lowest BCUT2D eigenvalue weighted by molar-refractivity contribution is 0.670. The standard InChI is InChI=1S/C52H35NO/c1-4-12-36(13-5-1)38-20-22-39(23-21-38)41-26-31-45(32-27-41)53(44-29-24-40(25-30-44)37-14-6-2-7-15-37)48-34-33-47-51-46-19-11-10-16-42(46)28-35-49(51)54-52(47)50(48)43-17-8-3-9-18-43/h1-35H. The zero-order valence-electron chi connectivity index (χ0n) is 29.6. The Labute approximate surface area is 314 Å². The van der Waals surface area contributed by atoms with Gasteiger partial charge in [0, 0.05) is 27.7 Å². The first-order valence-corrected chi connectivity index (χ1v) is 18.4. The highest BCUT2D eigenvalue weighted by Gasteiger charge is 2.23. The molecule has 0 aliphatic rings. The van der Waals surface area contributed by atoms with Crippen molar-refractivity contribution in [3.8, 4) is 44.5 Å². The van der Waals surface area contributed by atoms with Crippen LogP contribution in [-0.2, 0) is 0 Å². The summed E-state index contributed by atoms with van der Waals surface area (Å²) < 4.78 is 6.88. The Morgan fingerprint density at radius 2 is 0.759 bits per heavy atom. The molecule has 0 saturated carbocycles. The first-order valence-electron chi connectivity index (χ1n) is 18.4. The second-order valence-electron chi connectivity index (χ2n) is 13.7. The van der Waals surface area contributed by atoms with Gasteiger partial charge in [-0.1, -0.05) is 170 Å². The highest BCUT2D eigenvalue weighted by molar-refractivity contribution is 6.22. The summed E-state index contributed by atoms with van der Waals surface area (Å²) in [6.07, 6.45) is 0. The number of hydrogen-bond acceptors (Lipinski definition) is 2. The fourth-order valence-electron chi connectivity index (χ4n) is 7.82. The van der Waals surface area contributed by atoms with Crippen LogP contribution in [0.2, 0.25) is 0 Å². The van der Waals surface area contributed by atoms with E-state index in [1.165, 1.54) is 44.2 Å². The van der Waals surface area contributed by atoms with Crippen molar-refractivity contribution in [2.75, 3.05) is 4.90 Å². The van der Waals surface area contributed by atoms with Crippen LogP contribution < -0.4 is 4.90 Å². The van der Waals surface area contributed by atoms with Gasteiger partial charge in [-0.2, -0.15) is 0 Å². The Balaban J connectivity index is 1.15. The highest BCUT2D eigenvalue weighted by atomic mass is 16.3. The predicted molar refractivity (Wildman–Crippen MR) is 228 cm³/mol. The minimum absolute atomic E-state index is 0.881. The maximum atomic E-state index is 6.88. The van der Waals surface area contributed by atoms with Gasteiger partial charge in [0.2, 0.25) is 0 Å². The number of nitrogens with zero attached hydrogens (tertiary/aromatic N) is 1.